The molecular formula is C17H26N2O3. The van der Waals surface area contributed by atoms with Crippen LogP contribution >= 0.6 is 0 Å². The van der Waals surface area contributed by atoms with Gasteiger partial charge in [0.25, 0.3) is 0 Å². The molecule has 0 radical (unpaired) electrons. The number of hydrogen-bond donors (Lipinski definition) is 1. The first-order valence-electron chi connectivity index (χ1n) is 7.74. The van der Waals surface area contributed by atoms with Crippen molar-refractivity contribution < 1.29 is 14.3 Å². The summed E-state index contributed by atoms with van der Waals surface area (Å²) in [5.74, 6) is 0. The van der Waals surface area contributed by atoms with Crippen molar-refractivity contribution in [3.8, 4) is 0 Å². The van der Waals surface area contributed by atoms with Crippen molar-refractivity contribution in [2.24, 2.45) is 0 Å². The van der Waals surface area contributed by atoms with Gasteiger partial charge in [0, 0.05) is 18.8 Å². The third-order valence-electron chi connectivity index (χ3n) is 3.46. The molecule has 0 aromatic heterocycles. The SMILES string of the molecule is Cc1ccccc1NCC1CN(C(=O)OC(C)(C)C)CCO1. The summed E-state index contributed by atoms with van der Waals surface area (Å²) < 4.78 is 11.2. The Morgan fingerprint density at radius 2 is 2.14 bits per heavy atom. The number of rotatable bonds is 3. The van der Waals surface area contributed by atoms with Crippen LogP contribution in [0, 0.1) is 6.92 Å². The summed E-state index contributed by atoms with van der Waals surface area (Å²) in [4.78, 5) is 13.8. The zero-order valence-corrected chi connectivity index (χ0v) is 13.9. The van der Waals surface area contributed by atoms with E-state index in [0.29, 0.717) is 26.2 Å². The Kier molecular flexibility index (Phi) is 5.29. The van der Waals surface area contributed by atoms with E-state index in [-0.39, 0.29) is 12.2 Å². The van der Waals surface area contributed by atoms with Gasteiger partial charge in [-0.05, 0) is 39.3 Å². The molecule has 1 aromatic carbocycles. The molecule has 0 bridgehead atoms. The number of nitrogens with zero attached hydrogens (tertiary/aromatic N) is 1. The van der Waals surface area contributed by atoms with Gasteiger partial charge in [-0.3, -0.25) is 0 Å². The van der Waals surface area contributed by atoms with Gasteiger partial charge >= 0.3 is 6.09 Å². The van der Waals surface area contributed by atoms with Gasteiger partial charge in [0.15, 0.2) is 0 Å². The van der Waals surface area contributed by atoms with Crippen LogP contribution < -0.4 is 5.32 Å². The van der Waals surface area contributed by atoms with Crippen molar-refractivity contribution in [1.29, 1.82) is 0 Å². The molecule has 0 spiro atoms. The number of ether oxygens (including phenoxy) is 2. The maximum absolute atomic E-state index is 12.1. The van der Waals surface area contributed by atoms with Gasteiger partial charge in [0.05, 0.1) is 19.3 Å². The van der Waals surface area contributed by atoms with Gasteiger partial charge in [-0.1, -0.05) is 18.2 Å². The first-order valence-corrected chi connectivity index (χ1v) is 7.74. The highest BCUT2D eigenvalue weighted by molar-refractivity contribution is 5.68. The summed E-state index contributed by atoms with van der Waals surface area (Å²) in [6.07, 6.45) is -0.294. The minimum absolute atomic E-state index is 0.0270. The number of benzene rings is 1. The normalized spacial score (nSPS) is 18.9. The first kappa shape index (κ1) is 16.6. The minimum Gasteiger partial charge on any atom is -0.444 e. The van der Waals surface area contributed by atoms with E-state index in [1.54, 1.807) is 4.90 Å². The van der Waals surface area contributed by atoms with Gasteiger partial charge in [-0.25, -0.2) is 4.79 Å². The zero-order chi connectivity index (χ0) is 16.2. The van der Waals surface area contributed by atoms with E-state index in [1.807, 2.05) is 39.0 Å². The second kappa shape index (κ2) is 7.01. The highest BCUT2D eigenvalue weighted by Crippen LogP contribution is 2.16. The van der Waals surface area contributed by atoms with Gasteiger partial charge < -0.3 is 19.7 Å². The average molecular weight is 306 g/mol. The molecule has 5 nitrogen and oxygen atoms in total. The molecule has 1 aromatic rings. The second-order valence-corrected chi connectivity index (χ2v) is 6.61. The number of nitrogens with one attached hydrogen (secondary N) is 1. The summed E-state index contributed by atoms with van der Waals surface area (Å²) >= 11 is 0. The average Bonchev–Trinajstić information content (AvgIpc) is 2.45. The van der Waals surface area contributed by atoms with E-state index in [0.717, 1.165) is 5.69 Å². The second-order valence-electron chi connectivity index (χ2n) is 6.61. The van der Waals surface area contributed by atoms with E-state index in [2.05, 4.69) is 18.3 Å². The van der Waals surface area contributed by atoms with Crippen molar-refractivity contribution >= 4 is 11.8 Å². The van der Waals surface area contributed by atoms with Crippen molar-refractivity contribution in [2.75, 3.05) is 31.6 Å². The lowest BCUT2D eigenvalue weighted by Gasteiger charge is -2.34. The lowest BCUT2D eigenvalue weighted by molar-refractivity contribution is -0.0371. The molecule has 122 valence electrons. The van der Waals surface area contributed by atoms with Crippen LogP contribution in [-0.4, -0.2) is 48.9 Å². The topological polar surface area (TPSA) is 50.8 Å². The number of anilines is 1. The molecule has 1 fully saturated rings. The predicted octanol–water partition coefficient (Wildman–Crippen LogP) is 3.04. The van der Waals surface area contributed by atoms with Gasteiger partial charge in [0.2, 0.25) is 0 Å². The predicted molar refractivity (Wildman–Crippen MR) is 87.2 cm³/mol. The fraction of sp³-hybridized carbons (Fsp3) is 0.588. The van der Waals surface area contributed by atoms with E-state index in [1.165, 1.54) is 5.56 Å². The number of amides is 1. The molecule has 1 N–H and O–H groups in total. The highest BCUT2D eigenvalue weighted by Gasteiger charge is 2.27. The van der Waals surface area contributed by atoms with Crippen LogP contribution in [0.3, 0.4) is 0 Å². The molecule has 1 heterocycles. The van der Waals surface area contributed by atoms with Crippen LogP contribution in [0.5, 0.6) is 0 Å². The number of hydrogen-bond acceptors (Lipinski definition) is 4. The molecule has 5 heteroatoms. The van der Waals surface area contributed by atoms with E-state index in [4.69, 9.17) is 9.47 Å². The molecule has 1 aliphatic rings. The lowest BCUT2D eigenvalue weighted by atomic mass is 10.2. The number of carbonyl (C=O) groups is 1. The molecule has 1 aliphatic heterocycles. The Morgan fingerprint density at radius 1 is 1.41 bits per heavy atom. The Bertz CT molecular complexity index is 511. The number of carbonyl (C=O) groups excluding carboxylic acids is 1. The summed E-state index contributed by atoms with van der Waals surface area (Å²) in [5.41, 5.74) is 1.83. The maximum Gasteiger partial charge on any atom is 0.410 e. The van der Waals surface area contributed by atoms with E-state index in [9.17, 15) is 4.79 Å². The summed E-state index contributed by atoms with van der Waals surface area (Å²) in [7, 11) is 0. The molecule has 1 unspecified atom stereocenters. The molecule has 1 atom stereocenters. The molecular weight excluding hydrogens is 280 g/mol. The molecule has 1 saturated heterocycles. The fourth-order valence-corrected chi connectivity index (χ4v) is 2.33. The minimum atomic E-state index is -0.468. The Hall–Kier alpha value is -1.75. The maximum atomic E-state index is 12.1. The lowest BCUT2D eigenvalue weighted by Crippen LogP contribution is -2.49. The van der Waals surface area contributed by atoms with Crippen molar-refractivity contribution in [1.82, 2.24) is 4.90 Å². The largest absolute Gasteiger partial charge is 0.444 e. The van der Waals surface area contributed by atoms with Crippen LogP contribution in [0.4, 0.5) is 10.5 Å². The van der Waals surface area contributed by atoms with Gasteiger partial charge in [-0.15, -0.1) is 0 Å². The number of para-hydroxylation sites is 1. The van der Waals surface area contributed by atoms with Crippen molar-refractivity contribution in [3.05, 3.63) is 29.8 Å². The van der Waals surface area contributed by atoms with Crippen LogP contribution in [0.15, 0.2) is 24.3 Å². The van der Waals surface area contributed by atoms with E-state index >= 15 is 0 Å². The molecule has 2 rings (SSSR count). The third-order valence-corrected chi connectivity index (χ3v) is 3.46. The van der Waals surface area contributed by atoms with Crippen LogP contribution in [0.2, 0.25) is 0 Å². The molecule has 22 heavy (non-hydrogen) atoms. The van der Waals surface area contributed by atoms with Crippen LogP contribution in [0.1, 0.15) is 26.3 Å². The summed E-state index contributed by atoms with van der Waals surface area (Å²) in [5, 5.41) is 3.39. The quantitative estimate of drug-likeness (QED) is 0.932. The highest BCUT2D eigenvalue weighted by atomic mass is 16.6. The van der Waals surface area contributed by atoms with Crippen LogP contribution in [-0.2, 0) is 9.47 Å². The molecule has 1 amide bonds. The monoisotopic (exact) mass is 306 g/mol. The third kappa shape index (κ3) is 4.91. The van der Waals surface area contributed by atoms with Crippen molar-refractivity contribution in [2.45, 2.75) is 39.4 Å². The summed E-state index contributed by atoms with van der Waals surface area (Å²) in [6, 6.07) is 8.13. The van der Waals surface area contributed by atoms with E-state index < -0.39 is 5.60 Å². The first-order chi connectivity index (χ1) is 10.3. The Labute approximate surface area is 132 Å². The number of morpholine rings is 1. The zero-order valence-electron chi connectivity index (χ0n) is 13.9. The Balaban J connectivity index is 1.86. The smallest absolute Gasteiger partial charge is 0.410 e. The van der Waals surface area contributed by atoms with Gasteiger partial charge in [-0.2, -0.15) is 0 Å². The fourth-order valence-electron chi connectivity index (χ4n) is 2.33. The van der Waals surface area contributed by atoms with Crippen LogP contribution in [0.25, 0.3) is 0 Å². The Morgan fingerprint density at radius 3 is 2.82 bits per heavy atom. The molecule has 0 saturated carbocycles. The standard InChI is InChI=1S/C17H26N2O3/c1-13-7-5-6-8-15(13)18-11-14-12-19(9-10-21-14)16(20)22-17(2,3)4/h5-8,14,18H,9-12H2,1-4H3. The summed E-state index contributed by atoms with van der Waals surface area (Å²) in [6.45, 7) is 10.0. The van der Waals surface area contributed by atoms with Gasteiger partial charge in [0.1, 0.15) is 5.60 Å². The number of aryl methyl sites for hydroxylation is 1. The molecule has 0 aliphatic carbocycles. The van der Waals surface area contributed by atoms with Crippen molar-refractivity contribution in [3.63, 3.8) is 0 Å².